The molecule has 1 saturated carbocycles. The number of nitrogens with two attached hydrogens (primary N) is 1. The molecule has 112 valence electrons. The Morgan fingerprint density at radius 2 is 2.05 bits per heavy atom. The van der Waals surface area contributed by atoms with Crippen LogP contribution in [0.2, 0.25) is 0 Å². The molecule has 0 saturated heterocycles. The number of rotatable bonds is 2. The summed E-state index contributed by atoms with van der Waals surface area (Å²) in [6, 6.07) is 7.74. The lowest BCUT2D eigenvalue weighted by Gasteiger charge is -2.23. The summed E-state index contributed by atoms with van der Waals surface area (Å²) in [7, 11) is 0. The molecule has 1 aromatic carbocycles. The highest BCUT2D eigenvalue weighted by molar-refractivity contribution is 5.96. The van der Waals surface area contributed by atoms with E-state index in [9.17, 15) is 4.79 Å². The molecule has 0 heterocycles. The van der Waals surface area contributed by atoms with Crippen LogP contribution in [0, 0.1) is 17.8 Å². The van der Waals surface area contributed by atoms with Crippen LogP contribution >= 0.6 is 0 Å². The monoisotopic (exact) mass is 284 g/mol. The van der Waals surface area contributed by atoms with E-state index in [4.69, 9.17) is 5.73 Å². The van der Waals surface area contributed by atoms with Crippen LogP contribution in [0.25, 0.3) is 0 Å². The maximum atomic E-state index is 12.5. The van der Waals surface area contributed by atoms with Crippen molar-refractivity contribution in [2.45, 2.75) is 45.1 Å². The lowest BCUT2D eigenvalue weighted by molar-refractivity contribution is 0.0921. The number of hydrogen-bond acceptors (Lipinski definition) is 2. The van der Waals surface area contributed by atoms with Crippen LogP contribution in [-0.4, -0.2) is 18.5 Å². The van der Waals surface area contributed by atoms with Crippen LogP contribution in [0.3, 0.4) is 0 Å². The van der Waals surface area contributed by atoms with Crippen molar-refractivity contribution in [1.82, 2.24) is 5.32 Å². The first-order valence-corrected chi connectivity index (χ1v) is 7.81. The molecule has 0 radical (unpaired) electrons. The second-order valence-corrected chi connectivity index (χ2v) is 5.75. The molecule has 1 aliphatic carbocycles. The molecule has 0 bridgehead atoms. The maximum absolute atomic E-state index is 12.5. The van der Waals surface area contributed by atoms with Crippen molar-refractivity contribution >= 4 is 5.91 Å². The van der Waals surface area contributed by atoms with Gasteiger partial charge in [-0.2, -0.15) is 0 Å². The summed E-state index contributed by atoms with van der Waals surface area (Å²) < 4.78 is 0. The number of carbonyl (C=O) groups is 1. The SMILES string of the molecule is CC1CCCCCC1NC(=O)c1ccccc1C#CCN. The van der Waals surface area contributed by atoms with Crippen LogP contribution in [-0.2, 0) is 0 Å². The Hall–Kier alpha value is -1.79. The lowest BCUT2D eigenvalue weighted by atomic mass is 9.96. The zero-order valence-electron chi connectivity index (χ0n) is 12.7. The Labute approximate surface area is 127 Å². The smallest absolute Gasteiger partial charge is 0.252 e. The van der Waals surface area contributed by atoms with Gasteiger partial charge in [0.15, 0.2) is 0 Å². The molecular formula is C18H24N2O. The highest BCUT2D eigenvalue weighted by Crippen LogP contribution is 2.23. The maximum Gasteiger partial charge on any atom is 0.252 e. The molecule has 1 amide bonds. The van der Waals surface area contributed by atoms with Crippen LogP contribution in [0.5, 0.6) is 0 Å². The first-order valence-electron chi connectivity index (χ1n) is 7.81. The van der Waals surface area contributed by atoms with Crippen LogP contribution in [0.1, 0.15) is 54.9 Å². The summed E-state index contributed by atoms with van der Waals surface area (Å²) in [5, 5.41) is 3.20. The van der Waals surface area contributed by atoms with E-state index in [0.29, 0.717) is 18.0 Å². The van der Waals surface area contributed by atoms with E-state index in [2.05, 4.69) is 24.1 Å². The summed E-state index contributed by atoms with van der Waals surface area (Å²) in [5.74, 6) is 6.32. The summed E-state index contributed by atoms with van der Waals surface area (Å²) in [4.78, 5) is 12.5. The van der Waals surface area contributed by atoms with Crippen molar-refractivity contribution < 1.29 is 4.79 Å². The van der Waals surface area contributed by atoms with Crippen molar-refractivity contribution in [3.05, 3.63) is 35.4 Å². The van der Waals surface area contributed by atoms with Gasteiger partial charge in [-0.15, -0.1) is 0 Å². The average molecular weight is 284 g/mol. The Kier molecular flexibility index (Phi) is 5.83. The van der Waals surface area contributed by atoms with Crippen molar-refractivity contribution in [1.29, 1.82) is 0 Å². The predicted molar refractivity (Wildman–Crippen MR) is 85.9 cm³/mol. The topological polar surface area (TPSA) is 55.1 Å². The van der Waals surface area contributed by atoms with E-state index < -0.39 is 0 Å². The van der Waals surface area contributed by atoms with Crippen molar-refractivity contribution in [2.24, 2.45) is 11.7 Å². The molecule has 1 fully saturated rings. The zero-order valence-corrected chi connectivity index (χ0v) is 12.7. The fourth-order valence-electron chi connectivity index (χ4n) is 2.89. The molecule has 2 atom stereocenters. The normalized spacial score (nSPS) is 21.8. The van der Waals surface area contributed by atoms with Gasteiger partial charge in [0.05, 0.1) is 12.1 Å². The molecule has 2 rings (SSSR count). The minimum Gasteiger partial charge on any atom is -0.349 e. The molecule has 21 heavy (non-hydrogen) atoms. The van der Waals surface area contributed by atoms with Gasteiger partial charge in [-0.05, 0) is 30.9 Å². The first-order chi connectivity index (χ1) is 10.2. The fraction of sp³-hybridized carbons (Fsp3) is 0.500. The van der Waals surface area contributed by atoms with E-state index >= 15 is 0 Å². The largest absolute Gasteiger partial charge is 0.349 e. The van der Waals surface area contributed by atoms with Gasteiger partial charge in [-0.1, -0.05) is 50.2 Å². The number of carbonyl (C=O) groups excluding carboxylic acids is 1. The van der Waals surface area contributed by atoms with Gasteiger partial charge in [0.1, 0.15) is 0 Å². The third kappa shape index (κ3) is 4.34. The van der Waals surface area contributed by atoms with Gasteiger partial charge >= 0.3 is 0 Å². The predicted octanol–water partition coefficient (Wildman–Crippen LogP) is 2.70. The van der Waals surface area contributed by atoms with Gasteiger partial charge in [0, 0.05) is 11.6 Å². The molecular weight excluding hydrogens is 260 g/mol. The summed E-state index contributed by atoms with van der Waals surface area (Å²) in [5.41, 5.74) is 6.81. The van der Waals surface area contributed by atoms with E-state index in [1.807, 2.05) is 24.3 Å². The molecule has 0 spiro atoms. The minimum atomic E-state index is -0.0179. The molecule has 3 N–H and O–H groups in total. The summed E-state index contributed by atoms with van der Waals surface area (Å²) >= 11 is 0. The quantitative estimate of drug-likeness (QED) is 0.648. The first kappa shape index (κ1) is 15.6. The highest BCUT2D eigenvalue weighted by atomic mass is 16.1. The van der Waals surface area contributed by atoms with Crippen molar-refractivity contribution in [3.8, 4) is 11.8 Å². The molecule has 2 unspecified atom stereocenters. The number of hydrogen-bond donors (Lipinski definition) is 2. The Morgan fingerprint density at radius 3 is 2.86 bits per heavy atom. The standard InChI is InChI=1S/C18H24N2O/c1-14-8-3-2-4-12-17(14)20-18(21)16-11-6-5-9-15(16)10-7-13-19/h5-6,9,11,14,17H,2-4,8,12-13,19H2,1H3,(H,20,21). The molecule has 3 nitrogen and oxygen atoms in total. The number of nitrogens with one attached hydrogen (secondary N) is 1. The van der Waals surface area contributed by atoms with Crippen LogP contribution in [0.15, 0.2) is 24.3 Å². The average Bonchev–Trinajstić information content (AvgIpc) is 2.70. The van der Waals surface area contributed by atoms with Crippen LogP contribution < -0.4 is 11.1 Å². The number of amides is 1. The van der Waals surface area contributed by atoms with Gasteiger partial charge in [-0.3, -0.25) is 4.79 Å². The van der Waals surface area contributed by atoms with Crippen molar-refractivity contribution in [2.75, 3.05) is 6.54 Å². The fourth-order valence-corrected chi connectivity index (χ4v) is 2.89. The van der Waals surface area contributed by atoms with E-state index in [0.717, 1.165) is 12.0 Å². The Morgan fingerprint density at radius 1 is 1.29 bits per heavy atom. The summed E-state index contributed by atoms with van der Waals surface area (Å²) in [6.07, 6.45) is 6.01. The molecule has 0 aromatic heterocycles. The van der Waals surface area contributed by atoms with E-state index in [1.54, 1.807) is 0 Å². The van der Waals surface area contributed by atoms with Gasteiger partial charge in [-0.25, -0.2) is 0 Å². The van der Waals surface area contributed by atoms with Gasteiger partial charge in [0.25, 0.3) is 5.91 Å². The second-order valence-electron chi connectivity index (χ2n) is 5.75. The van der Waals surface area contributed by atoms with Crippen LogP contribution in [0.4, 0.5) is 0 Å². The Bertz CT molecular complexity index is 542. The van der Waals surface area contributed by atoms with Gasteiger partial charge in [0.2, 0.25) is 0 Å². The second kappa shape index (κ2) is 7.85. The van der Waals surface area contributed by atoms with E-state index in [-0.39, 0.29) is 11.9 Å². The molecule has 3 heteroatoms. The number of benzene rings is 1. The van der Waals surface area contributed by atoms with E-state index in [1.165, 1.54) is 25.7 Å². The Balaban J connectivity index is 2.12. The molecule has 1 aliphatic rings. The van der Waals surface area contributed by atoms with Gasteiger partial charge < -0.3 is 11.1 Å². The highest BCUT2D eigenvalue weighted by Gasteiger charge is 2.22. The zero-order chi connectivity index (χ0) is 15.1. The lowest BCUT2D eigenvalue weighted by Crippen LogP contribution is -2.39. The third-order valence-electron chi connectivity index (χ3n) is 4.17. The summed E-state index contributed by atoms with van der Waals surface area (Å²) in [6.45, 7) is 2.53. The molecule has 1 aromatic rings. The van der Waals surface area contributed by atoms with Crippen molar-refractivity contribution in [3.63, 3.8) is 0 Å². The minimum absolute atomic E-state index is 0.0179. The third-order valence-corrected chi connectivity index (χ3v) is 4.17. The molecule has 0 aliphatic heterocycles.